The van der Waals surface area contributed by atoms with Gasteiger partial charge in [-0.15, -0.1) is 0 Å². The van der Waals surface area contributed by atoms with Crippen molar-refractivity contribution in [1.82, 2.24) is 0 Å². The zero-order chi connectivity index (χ0) is 33.1. The van der Waals surface area contributed by atoms with Crippen molar-refractivity contribution in [2.75, 3.05) is 5.90 Å². The average molecular weight is 707 g/mol. The van der Waals surface area contributed by atoms with E-state index < -0.39 is 0 Å². The molecule has 4 fully saturated rings. The molecule has 0 radical (unpaired) electrons. The van der Waals surface area contributed by atoms with Gasteiger partial charge in [0.15, 0.2) is 0 Å². The van der Waals surface area contributed by atoms with Gasteiger partial charge in [-0.2, -0.15) is 0 Å². The van der Waals surface area contributed by atoms with E-state index in [1.54, 1.807) is 17.0 Å². The van der Waals surface area contributed by atoms with Crippen LogP contribution in [0.2, 0.25) is 0 Å². The highest BCUT2D eigenvalue weighted by atomic mass is 31.2. The predicted molar refractivity (Wildman–Crippen MR) is 219 cm³/mol. The second kappa shape index (κ2) is 16.9. The van der Waals surface area contributed by atoms with E-state index >= 15 is 0 Å². The fourth-order valence-corrected chi connectivity index (χ4v) is 30.7. The molecule has 0 nitrogen and oxygen atoms in total. The Bertz CT molecular complexity index is 1250. The van der Waals surface area contributed by atoms with Gasteiger partial charge in [-0.1, -0.05) is 140 Å². The Morgan fingerprint density at radius 1 is 0.553 bits per heavy atom. The fourth-order valence-electron chi connectivity index (χ4n) is 11.1. The van der Waals surface area contributed by atoms with Crippen LogP contribution in [0.25, 0.3) is 0 Å². The smallest absolute Gasteiger partial charge is 0.00788 e. The molecule has 13 atom stereocenters. The Morgan fingerprint density at radius 3 is 1.64 bits per heavy atom. The molecule has 47 heavy (non-hydrogen) atoms. The zero-order valence-corrected chi connectivity index (χ0v) is 34.3. The molecule has 2 aromatic rings. The summed E-state index contributed by atoms with van der Waals surface area (Å²) < 4.78 is 0. The van der Waals surface area contributed by atoms with E-state index in [0.717, 1.165) is 57.1 Å². The third-order valence-corrected chi connectivity index (χ3v) is 30.1. The van der Waals surface area contributed by atoms with Crippen LogP contribution >= 0.6 is 31.7 Å². The summed E-state index contributed by atoms with van der Waals surface area (Å²) in [5, 5.41) is 1.85. The summed E-state index contributed by atoms with van der Waals surface area (Å²) in [5.74, 6) is 3.35. The Hall–Kier alpha value is -0.1000. The van der Waals surface area contributed by atoms with Crippen molar-refractivity contribution in [2.24, 2.45) is 11.8 Å². The maximum atomic E-state index is 5.18. The summed E-state index contributed by atoms with van der Waals surface area (Å²) in [5.41, 5.74) is 10.6. The van der Waals surface area contributed by atoms with Crippen LogP contribution in [0.3, 0.4) is 0 Å². The van der Waals surface area contributed by atoms with Crippen LogP contribution in [-0.4, -0.2) is 39.9 Å². The van der Waals surface area contributed by atoms with Crippen molar-refractivity contribution >= 4 is 31.7 Å². The van der Waals surface area contributed by atoms with Crippen LogP contribution < -0.4 is 0 Å². The first kappa shape index (κ1) is 36.7. The van der Waals surface area contributed by atoms with Crippen molar-refractivity contribution < 1.29 is 0 Å². The van der Waals surface area contributed by atoms with Gasteiger partial charge in [0.05, 0.1) is 0 Å². The molecule has 0 aliphatic carbocycles. The summed E-state index contributed by atoms with van der Waals surface area (Å²) in [7, 11) is -0.150. The molecule has 0 saturated carbocycles. The van der Waals surface area contributed by atoms with Crippen LogP contribution in [0, 0.1) is 11.8 Å². The first-order chi connectivity index (χ1) is 23.0. The van der Waals surface area contributed by atoms with E-state index in [2.05, 4.69) is 102 Å². The van der Waals surface area contributed by atoms with Gasteiger partial charge < -0.3 is 0 Å². The molecule has 5 unspecified atom stereocenters. The third kappa shape index (κ3) is 7.32. The Labute approximate surface area is 295 Å². The molecule has 4 saturated heterocycles. The van der Waals surface area contributed by atoms with Crippen LogP contribution in [0.4, 0.5) is 0 Å². The Kier molecular flexibility index (Phi) is 13.2. The first-order valence-electron chi connectivity index (χ1n) is 19.9. The largest absolute Gasteiger partial charge is 0.0914 e. The topological polar surface area (TPSA) is 0 Å². The van der Waals surface area contributed by atoms with E-state index in [9.17, 15) is 0 Å². The lowest BCUT2D eigenvalue weighted by atomic mass is 9.78. The molecule has 0 spiro atoms. The van der Waals surface area contributed by atoms with Crippen molar-refractivity contribution in [3.05, 3.63) is 83.4 Å². The van der Waals surface area contributed by atoms with Crippen LogP contribution in [0.1, 0.15) is 141 Å². The van der Waals surface area contributed by atoms with Gasteiger partial charge in [0, 0.05) is 11.3 Å². The molecule has 4 aliphatic heterocycles. The quantitative estimate of drug-likeness (QED) is 0.182. The number of rotatable bonds is 13. The minimum atomic E-state index is -0.0999. The van der Waals surface area contributed by atoms with Crippen molar-refractivity contribution in [3.63, 3.8) is 0 Å². The number of benzene rings is 2. The predicted octanol–water partition coefficient (Wildman–Crippen LogP) is 15.1. The summed E-state index contributed by atoms with van der Waals surface area (Å²) in [6.45, 7) is 20.3. The lowest BCUT2D eigenvalue weighted by Gasteiger charge is -2.38. The molecule has 258 valence electrons. The van der Waals surface area contributed by atoms with Gasteiger partial charge in [-0.25, -0.2) is 0 Å². The van der Waals surface area contributed by atoms with Crippen LogP contribution in [0.5, 0.6) is 0 Å². The molecule has 0 bridgehead atoms. The minimum Gasteiger partial charge on any atom is -0.0914 e. The molecule has 4 aliphatic rings. The molecule has 4 heteroatoms. The lowest BCUT2D eigenvalue weighted by molar-refractivity contribution is 0.298. The minimum absolute atomic E-state index is 0.0153. The molecular formula is C43H66P4. The second-order valence-corrected chi connectivity index (χ2v) is 27.2. The summed E-state index contributed by atoms with van der Waals surface area (Å²) in [6, 6.07) is 23.9. The first-order valence-corrected chi connectivity index (χ1v) is 26.1. The Balaban J connectivity index is 1.34. The van der Waals surface area contributed by atoms with Gasteiger partial charge in [0.25, 0.3) is 0 Å². The monoisotopic (exact) mass is 706 g/mol. The molecule has 2 aromatic carbocycles. The standard InChI is InChI=1S/C43H66P4/c1-8-34-26-27-42(32-20-16-14-17-21-32)44(34)30-45-37(11-4)28-40(43(45)33-22-18-15-19-23-33)39-29-38(12-5)47(41(39)13-6)31(7)46-35(9-2)24-25-36(46)10-3/h14-23,34-43H,7-13,24-30H2,1-6H3/t34-,35-,36-,37-,38-,39?,40?,41-,42+,43-,44?,45?,47?/m1/s1. The molecule has 0 amide bonds. The van der Waals surface area contributed by atoms with Crippen LogP contribution in [0.15, 0.2) is 72.3 Å². The molecule has 0 N–H and O–H groups in total. The van der Waals surface area contributed by atoms with Gasteiger partial charge >= 0.3 is 0 Å². The molecule has 4 heterocycles. The summed E-state index contributed by atoms with van der Waals surface area (Å²) in [4.78, 5) is 0. The third-order valence-electron chi connectivity index (χ3n) is 13.4. The average Bonchev–Trinajstić information content (AvgIpc) is 3.90. The molecular weight excluding hydrogens is 640 g/mol. The summed E-state index contributed by atoms with van der Waals surface area (Å²) in [6.07, 6.45) is 17.2. The van der Waals surface area contributed by atoms with Crippen LogP contribution in [-0.2, 0) is 0 Å². The van der Waals surface area contributed by atoms with E-state index in [1.165, 1.54) is 77.0 Å². The summed E-state index contributed by atoms with van der Waals surface area (Å²) >= 11 is 0. The maximum Gasteiger partial charge on any atom is 0.00788 e. The highest BCUT2D eigenvalue weighted by Gasteiger charge is 2.54. The normalized spacial score (nSPS) is 39.1. The van der Waals surface area contributed by atoms with Gasteiger partial charge in [0.2, 0.25) is 0 Å². The maximum absolute atomic E-state index is 5.18. The van der Waals surface area contributed by atoms with E-state index in [-0.39, 0.29) is 31.7 Å². The van der Waals surface area contributed by atoms with Crippen molar-refractivity contribution in [1.29, 1.82) is 0 Å². The van der Waals surface area contributed by atoms with E-state index in [4.69, 9.17) is 6.58 Å². The van der Waals surface area contributed by atoms with Gasteiger partial charge in [-0.05, 0) is 145 Å². The van der Waals surface area contributed by atoms with Gasteiger partial charge in [-0.3, -0.25) is 0 Å². The number of hydrogen-bond acceptors (Lipinski definition) is 0. The molecule has 6 rings (SSSR count). The fraction of sp³-hybridized carbons (Fsp3) is 0.674. The molecule has 0 aromatic heterocycles. The Morgan fingerprint density at radius 2 is 1.09 bits per heavy atom. The number of hydrogen-bond donors (Lipinski definition) is 0. The highest BCUT2D eigenvalue weighted by molar-refractivity contribution is 7.83. The lowest BCUT2D eigenvalue weighted by Crippen LogP contribution is -2.24. The van der Waals surface area contributed by atoms with E-state index in [0.29, 0.717) is 0 Å². The van der Waals surface area contributed by atoms with E-state index in [1.807, 2.05) is 5.06 Å². The second-order valence-electron chi connectivity index (χ2n) is 15.4. The zero-order valence-electron chi connectivity index (χ0n) is 30.7. The van der Waals surface area contributed by atoms with Gasteiger partial charge in [0.1, 0.15) is 0 Å². The highest BCUT2D eigenvalue weighted by Crippen LogP contribution is 2.82. The van der Waals surface area contributed by atoms with Crippen molar-refractivity contribution in [2.45, 2.75) is 164 Å². The van der Waals surface area contributed by atoms with Crippen molar-refractivity contribution in [3.8, 4) is 0 Å². The SMILES string of the molecule is C=C(P1[C@H](CC)CC[C@H]1CC)P1[C@H](CC)CC(C2C[C@@H](CC)P(CP3[C@H](CC)CC[C@H]3c3ccccc3)[C@@H]2c2ccccc2)[C@H]1CC.